The fourth-order valence-corrected chi connectivity index (χ4v) is 2.11. The summed E-state index contributed by atoms with van der Waals surface area (Å²) < 4.78 is 10.3. The van der Waals surface area contributed by atoms with E-state index in [0.717, 1.165) is 32.1 Å². The monoisotopic (exact) mass is 318 g/mol. The van der Waals surface area contributed by atoms with E-state index < -0.39 is 0 Å². The summed E-state index contributed by atoms with van der Waals surface area (Å²) in [5, 5.41) is 0. The number of allylic oxidation sites excluding steroid dienone is 4. The van der Waals surface area contributed by atoms with Gasteiger partial charge < -0.3 is 9.15 Å². The molecule has 4 heteroatoms. The third-order valence-corrected chi connectivity index (χ3v) is 3.31. The Hall–Kier alpha value is -2.10. The average molecular weight is 318 g/mol. The highest BCUT2D eigenvalue weighted by atomic mass is 16.5. The van der Waals surface area contributed by atoms with Gasteiger partial charge in [-0.2, -0.15) is 0 Å². The first-order valence-electron chi connectivity index (χ1n) is 8.15. The van der Waals surface area contributed by atoms with E-state index in [1.807, 2.05) is 0 Å². The first kappa shape index (κ1) is 18.9. The number of methoxy groups -OCH3 is 1. The average Bonchev–Trinajstić information content (AvgIpc) is 2.54. The van der Waals surface area contributed by atoms with Crippen molar-refractivity contribution in [2.45, 2.75) is 51.9 Å². The van der Waals surface area contributed by atoms with Gasteiger partial charge in [-0.1, -0.05) is 31.2 Å². The van der Waals surface area contributed by atoms with Crippen LogP contribution in [0.5, 0.6) is 0 Å². The summed E-state index contributed by atoms with van der Waals surface area (Å²) in [6, 6.07) is 2.96. The second-order valence-electron chi connectivity index (χ2n) is 5.28. The molecule has 0 fully saturated rings. The molecule has 0 unspecified atom stereocenters. The van der Waals surface area contributed by atoms with Gasteiger partial charge in [0.25, 0.3) is 0 Å². The first-order chi connectivity index (χ1) is 11.2. The molecule has 0 aliphatic carbocycles. The van der Waals surface area contributed by atoms with Crippen LogP contribution in [-0.2, 0) is 22.4 Å². The maximum atomic E-state index is 11.7. The zero-order chi connectivity index (χ0) is 16.9. The molecule has 0 amide bonds. The van der Waals surface area contributed by atoms with Crippen molar-refractivity contribution in [3.8, 4) is 0 Å². The summed E-state index contributed by atoms with van der Waals surface area (Å²) in [5.41, 5.74) is -0.0774. The molecule has 1 aromatic rings. The van der Waals surface area contributed by atoms with Crippen molar-refractivity contribution in [2.24, 2.45) is 0 Å². The molecular formula is C19H26O4. The number of rotatable bonds is 10. The SMILES string of the molecule is CC/C=C\C/C=C\CCCc1cc(=O)cc(CCC(=O)OC)o1. The van der Waals surface area contributed by atoms with E-state index in [1.165, 1.54) is 19.2 Å². The van der Waals surface area contributed by atoms with Gasteiger partial charge in [0, 0.05) is 25.0 Å². The maximum absolute atomic E-state index is 11.7. The van der Waals surface area contributed by atoms with Crippen molar-refractivity contribution in [1.82, 2.24) is 0 Å². The third kappa shape index (κ3) is 8.81. The molecular weight excluding hydrogens is 292 g/mol. The Kier molecular flexibility index (Phi) is 9.45. The lowest BCUT2D eigenvalue weighted by atomic mass is 10.1. The summed E-state index contributed by atoms with van der Waals surface area (Å²) in [6.45, 7) is 2.12. The minimum atomic E-state index is -0.305. The fourth-order valence-electron chi connectivity index (χ4n) is 2.11. The van der Waals surface area contributed by atoms with Crippen LogP contribution in [0.3, 0.4) is 0 Å². The van der Waals surface area contributed by atoms with Crippen molar-refractivity contribution in [2.75, 3.05) is 7.11 Å². The van der Waals surface area contributed by atoms with Crippen LogP contribution in [0.2, 0.25) is 0 Å². The Morgan fingerprint density at radius 3 is 2.52 bits per heavy atom. The molecule has 1 aromatic heterocycles. The highest BCUT2D eigenvalue weighted by molar-refractivity contribution is 5.69. The largest absolute Gasteiger partial charge is 0.469 e. The van der Waals surface area contributed by atoms with Crippen molar-refractivity contribution in [1.29, 1.82) is 0 Å². The Morgan fingerprint density at radius 2 is 1.83 bits per heavy atom. The predicted molar refractivity (Wildman–Crippen MR) is 91.4 cm³/mol. The molecule has 0 aromatic carbocycles. The molecule has 0 N–H and O–H groups in total. The lowest BCUT2D eigenvalue weighted by Gasteiger charge is -2.03. The molecule has 0 atom stereocenters. The summed E-state index contributed by atoms with van der Waals surface area (Å²) in [7, 11) is 1.35. The lowest BCUT2D eigenvalue weighted by molar-refractivity contribution is -0.140. The number of esters is 1. The summed E-state index contributed by atoms with van der Waals surface area (Å²) in [4.78, 5) is 22.8. The zero-order valence-electron chi connectivity index (χ0n) is 14.0. The highest BCUT2D eigenvalue weighted by Gasteiger charge is 2.06. The van der Waals surface area contributed by atoms with Crippen LogP contribution in [-0.4, -0.2) is 13.1 Å². The number of unbranched alkanes of at least 4 members (excludes halogenated alkanes) is 1. The molecule has 0 saturated carbocycles. The van der Waals surface area contributed by atoms with E-state index in [2.05, 4.69) is 36.0 Å². The minimum Gasteiger partial charge on any atom is -0.469 e. The minimum absolute atomic E-state index is 0.0774. The Balaban J connectivity index is 2.41. The van der Waals surface area contributed by atoms with Crippen molar-refractivity contribution < 1.29 is 13.9 Å². The molecule has 1 heterocycles. The van der Waals surface area contributed by atoms with E-state index in [-0.39, 0.29) is 17.8 Å². The molecule has 23 heavy (non-hydrogen) atoms. The van der Waals surface area contributed by atoms with Crippen LogP contribution in [0.1, 0.15) is 50.5 Å². The fraction of sp³-hybridized carbons (Fsp3) is 0.474. The van der Waals surface area contributed by atoms with Crippen molar-refractivity contribution in [3.05, 3.63) is 58.2 Å². The molecule has 126 valence electrons. The number of carbonyl (C=O) groups is 1. The number of ether oxygens (including phenoxy) is 1. The smallest absolute Gasteiger partial charge is 0.305 e. The number of aryl methyl sites for hydroxylation is 2. The maximum Gasteiger partial charge on any atom is 0.305 e. The quantitative estimate of drug-likeness (QED) is 0.372. The van der Waals surface area contributed by atoms with Gasteiger partial charge in [-0.05, 0) is 25.7 Å². The third-order valence-electron chi connectivity index (χ3n) is 3.31. The second-order valence-corrected chi connectivity index (χ2v) is 5.28. The van der Waals surface area contributed by atoms with Crippen LogP contribution in [0.25, 0.3) is 0 Å². The van der Waals surface area contributed by atoms with Gasteiger partial charge in [0.15, 0.2) is 5.43 Å². The van der Waals surface area contributed by atoms with Crippen LogP contribution >= 0.6 is 0 Å². The van der Waals surface area contributed by atoms with Crippen LogP contribution in [0.4, 0.5) is 0 Å². The molecule has 0 aliphatic rings. The van der Waals surface area contributed by atoms with E-state index in [1.54, 1.807) is 0 Å². The number of hydrogen-bond donors (Lipinski definition) is 0. The molecule has 1 rings (SSSR count). The topological polar surface area (TPSA) is 56.5 Å². The van der Waals surface area contributed by atoms with Crippen LogP contribution < -0.4 is 5.43 Å². The van der Waals surface area contributed by atoms with Gasteiger partial charge in [0.2, 0.25) is 0 Å². The lowest BCUT2D eigenvalue weighted by Crippen LogP contribution is -2.06. The normalized spacial score (nSPS) is 11.4. The zero-order valence-corrected chi connectivity index (χ0v) is 14.0. The summed E-state index contributed by atoms with van der Waals surface area (Å²) in [5.74, 6) is 0.912. The molecule has 0 saturated heterocycles. The van der Waals surface area contributed by atoms with Gasteiger partial charge in [-0.25, -0.2) is 0 Å². The first-order valence-corrected chi connectivity index (χ1v) is 8.15. The van der Waals surface area contributed by atoms with Gasteiger partial charge in [0.1, 0.15) is 11.5 Å². The number of carbonyl (C=O) groups excluding carboxylic acids is 1. The Bertz CT molecular complexity index is 581. The van der Waals surface area contributed by atoms with E-state index in [9.17, 15) is 9.59 Å². The number of hydrogen-bond acceptors (Lipinski definition) is 4. The van der Waals surface area contributed by atoms with E-state index >= 15 is 0 Å². The second kappa shape index (κ2) is 11.5. The predicted octanol–water partition coefficient (Wildman–Crippen LogP) is 3.98. The molecule has 0 radical (unpaired) electrons. The van der Waals surface area contributed by atoms with Gasteiger partial charge in [-0.15, -0.1) is 0 Å². The molecule has 4 nitrogen and oxygen atoms in total. The van der Waals surface area contributed by atoms with Gasteiger partial charge in [0.05, 0.1) is 13.5 Å². The van der Waals surface area contributed by atoms with Crippen molar-refractivity contribution >= 4 is 5.97 Å². The van der Waals surface area contributed by atoms with Gasteiger partial charge >= 0.3 is 5.97 Å². The molecule has 0 bridgehead atoms. The Morgan fingerprint density at radius 1 is 1.13 bits per heavy atom. The standard InChI is InChI=1S/C19H26O4/c1-3-4-5-6-7-8-9-10-11-17-14-16(20)15-18(23-17)12-13-19(21)22-2/h4-5,7-8,14-15H,3,6,9-13H2,1-2H3/b5-4-,8-7-. The van der Waals surface area contributed by atoms with E-state index in [0.29, 0.717) is 17.9 Å². The highest BCUT2D eigenvalue weighted by Crippen LogP contribution is 2.09. The molecule has 0 aliphatic heterocycles. The van der Waals surface area contributed by atoms with E-state index in [4.69, 9.17) is 4.42 Å². The van der Waals surface area contributed by atoms with Crippen molar-refractivity contribution in [3.63, 3.8) is 0 Å². The summed E-state index contributed by atoms with van der Waals surface area (Å²) in [6.07, 6.45) is 13.8. The van der Waals surface area contributed by atoms with Crippen LogP contribution in [0, 0.1) is 0 Å². The van der Waals surface area contributed by atoms with Gasteiger partial charge in [-0.3, -0.25) is 9.59 Å². The molecule has 0 spiro atoms. The summed E-state index contributed by atoms with van der Waals surface area (Å²) >= 11 is 0. The Labute approximate surface area is 137 Å². The van der Waals surface area contributed by atoms with Crippen LogP contribution in [0.15, 0.2) is 45.6 Å².